The Bertz CT molecular complexity index is 393. The van der Waals surface area contributed by atoms with E-state index in [1.807, 2.05) is 0 Å². The predicted octanol–water partition coefficient (Wildman–Crippen LogP) is 2.30. The van der Waals surface area contributed by atoms with Gasteiger partial charge >= 0.3 is 6.09 Å². The zero-order valence-corrected chi connectivity index (χ0v) is 14.9. The Morgan fingerprint density at radius 2 is 1.83 bits per heavy atom. The molecule has 0 saturated carbocycles. The molecule has 23 heavy (non-hydrogen) atoms. The first-order valence-electron chi connectivity index (χ1n) is 8.68. The van der Waals surface area contributed by atoms with Crippen molar-refractivity contribution in [3.05, 3.63) is 0 Å². The Balaban J connectivity index is 2.34. The molecule has 1 aliphatic heterocycles. The summed E-state index contributed by atoms with van der Waals surface area (Å²) in [7, 11) is 0. The molecule has 134 valence electrons. The van der Waals surface area contributed by atoms with Crippen LogP contribution in [0.2, 0.25) is 0 Å². The minimum Gasteiger partial charge on any atom is -0.444 e. The van der Waals surface area contributed by atoms with Gasteiger partial charge in [-0.05, 0) is 27.2 Å². The molecule has 0 aromatic heterocycles. The first kappa shape index (κ1) is 19.7. The highest BCUT2D eigenvalue weighted by Crippen LogP contribution is 2.20. The van der Waals surface area contributed by atoms with Crippen LogP contribution in [0.5, 0.6) is 0 Å². The Labute approximate surface area is 139 Å². The van der Waals surface area contributed by atoms with Crippen molar-refractivity contribution in [3.63, 3.8) is 0 Å². The van der Waals surface area contributed by atoms with E-state index in [2.05, 4.69) is 12.2 Å². The van der Waals surface area contributed by atoms with Crippen molar-refractivity contribution in [2.45, 2.75) is 71.5 Å². The number of unbranched alkanes of at least 4 members (excludes halogenated alkanes) is 4. The summed E-state index contributed by atoms with van der Waals surface area (Å²) < 4.78 is 5.28. The molecule has 6 nitrogen and oxygen atoms in total. The smallest absolute Gasteiger partial charge is 0.410 e. The number of ether oxygens (including phenoxy) is 1. The molecule has 2 amide bonds. The lowest BCUT2D eigenvalue weighted by Gasteiger charge is -2.24. The van der Waals surface area contributed by atoms with Crippen LogP contribution in [0, 0.1) is 5.92 Å². The third kappa shape index (κ3) is 7.20. The number of nitrogens with one attached hydrogen (secondary N) is 1. The number of amides is 2. The maximum atomic E-state index is 12.1. The van der Waals surface area contributed by atoms with Crippen LogP contribution < -0.4 is 5.32 Å². The second-order valence-electron chi connectivity index (χ2n) is 7.26. The lowest BCUT2D eigenvalue weighted by atomic mass is 10.1. The zero-order valence-electron chi connectivity index (χ0n) is 14.9. The zero-order chi connectivity index (χ0) is 17.5. The van der Waals surface area contributed by atoms with Crippen LogP contribution in [-0.4, -0.2) is 53.3 Å². The SMILES string of the molecule is CCCCCCCNC(=O)C1CN(C(=O)OC(C)(C)C)CC1O. The second kappa shape index (κ2) is 9.11. The largest absolute Gasteiger partial charge is 0.444 e. The molecule has 2 N–H and O–H groups in total. The first-order valence-corrected chi connectivity index (χ1v) is 8.68. The van der Waals surface area contributed by atoms with E-state index in [-0.39, 0.29) is 19.0 Å². The van der Waals surface area contributed by atoms with Crippen molar-refractivity contribution in [2.75, 3.05) is 19.6 Å². The molecule has 1 saturated heterocycles. The van der Waals surface area contributed by atoms with Crippen molar-refractivity contribution >= 4 is 12.0 Å². The number of carbonyl (C=O) groups excluding carboxylic acids is 2. The minimum atomic E-state index is -0.831. The van der Waals surface area contributed by atoms with Gasteiger partial charge in [-0.15, -0.1) is 0 Å². The van der Waals surface area contributed by atoms with Gasteiger partial charge in [-0.1, -0.05) is 32.6 Å². The normalized spacial score (nSPS) is 21.3. The number of aliphatic hydroxyl groups is 1. The molecule has 1 fully saturated rings. The summed E-state index contributed by atoms with van der Waals surface area (Å²) in [5.41, 5.74) is -0.582. The quantitative estimate of drug-likeness (QED) is 0.703. The Hall–Kier alpha value is -1.30. The van der Waals surface area contributed by atoms with Gasteiger partial charge in [-0.2, -0.15) is 0 Å². The van der Waals surface area contributed by atoms with E-state index in [4.69, 9.17) is 4.74 Å². The molecule has 1 rings (SSSR count). The summed E-state index contributed by atoms with van der Waals surface area (Å²) in [5.74, 6) is -0.753. The fourth-order valence-corrected chi connectivity index (χ4v) is 2.59. The van der Waals surface area contributed by atoms with Gasteiger partial charge in [-0.25, -0.2) is 4.79 Å². The van der Waals surface area contributed by atoms with Crippen LogP contribution >= 0.6 is 0 Å². The van der Waals surface area contributed by atoms with E-state index in [0.29, 0.717) is 6.54 Å². The summed E-state index contributed by atoms with van der Waals surface area (Å²) >= 11 is 0. The summed E-state index contributed by atoms with van der Waals surface area (Å²) in [6, 6.07) is 0. The molecule has 0 aromatic carbocycles. The molecule has 2 atom stereocenters. The number of hydrogen-bond acceptors (Lipinski definition) is 4. The van der Waals surface area contributed by atoms with Crippen LogP contribution in [0.15, 0.2) is 0 Å². The number of nitrogens with zero attached hydrogens (tertiary/aromatic N) is 1. The monoisotopic (exact) mass is 328 g/mol. The lowest BCUT2D eigenvalue weighted by Crippen LogP contribution is -2.38. The fourth-order valence-electron chi connectivity index (χ4n) is 2.59. The summed E-state index contributed by atoms with van der Waals surface area (Å²) in [5, 5.41) is 12.9. The second-order valence-corrected chi connectivity index (χ2v) is 7.26. The van der Waals surface area contributed by atoms with E-state index in [0.717, 1.165) is 12.8 Å². The number of hydrogen-bond donors (Lipinski definition) is 2. The third-order valence-corrected chi connectivity index (χ3v) is 3.86. The number of carbonyl (C=O) groups is 2. The molecule has 0 spiro atoms. The third-order valence-electron chi connectivity index (χ3n) is 3.86. The van der Waals surface area contributed by atoms with Crippen LogP contribution in [0.3, 0.4) is 0 Å². The van der Waals surface area contributed by atoms with Gasteiger partial charge in [0.15, 0.2) is 0 Å². The summed E-state index contributed by atoms with van der Waals surface area (Å²) in [6.07, 6.45) is 4.34. The molecular weight excluding hydrogens is 296 g/mol. The van der Waals surface area contributed by atoms with E-state index in [1.165, 1.54) is 24.2 Å². The van der Waals surface area contributed by atoms with Crippen molar-refractivity contribution < 1.29 is 19.4 Å². The highest BCUT2D eigenvalue weighted by atomic mass is 16.6. The molecule has 0 radical (unpaired) electrons. The maximum absolute atomic E-state index is 12.1. The number of likely N-dealkylation sites (tertiary alicyclic amines) is 1. The fraction of sp³-hybridized carbons (Fsp3) is 0.882. The van der Waals surface area contributed by atoms with Crippen LogP contribution in [0.4, 0.5) is 4.79 Å². The topological polar surface area (TPSA) is 78.9 Å². The lowest BCUT2D eigenvalue weighted by molar-refractivity contribution is -0.126. The van der Waals surface area contributed by atoms with Gasteiger partial charge in [0.05, 0.1) is 18.6 Å². The van der Waals surface area contributed by atoms with Crippen LogP contribution in [-0.2, 0) is 9.53 Å². The summed E-state index contributed by atoms with van der Waals surface area (Å²) in [4.78, 5) is 25.5. The van der Waals surface area contributed by atoms with Gasteiger partial charge in [-0.3, -0.25) is 4.79 Å². The van der Waals surface area contributed by atoms with E-state index < -0.39 is 23.7 Å². The Morgan fingerprint density at radius 1 is 1.17 bits per heavy atom. The van der Waals surface area contributed by atoms with Gasteiger partial charge in [0.25, 0.3) is 0 Å². The predicted molar refractivity (Wildman–Crippen MR) is 89.1 cm³/mol. The van der Waals surface area contributed by atoms with Crippen molar-refractivity contribution in [3.8, 4) is 0 Å². The standard InChI is InChI=1S/C17H32N2O4/c1-5-6-7-8-9-10-18-15(21)13-11-19(12-14(13)20)16(22)23-17(2,3)4/h13-14,20H,5-12H2,1-4H3,(H,18,21). The van der Waals surface area contributed by atoms with Gasteiger partial charge in [0.2, 0.25) is 5.91 Å². The molecule has 2 unspecified atom stereocenters. The van der Waals surface area contributed by atoms with Crippen molar-refractivity contribution in [2.24, 2.45) is 5.92 Å². The van der Waals surface area contributed by atoms with Crippen LogP contribution in [0.25, 0.3) is 0 Å². The van der Waals surface area contributed by atoms with Gasteiger partial charge in [0.1, 0.15) is 5.60 Å². The van der Waals surface area contributed by atoms with E-state index >= 15 is 0 Å². The van der Waals surface area contributed by atoms with E-state index in [9.17, 15) is 14.7 Å². The Kier molecular flexibility index (Phi) is 7.82. The van der Waals surface area contributed by atoms with Crippen molar-refractivity contribution in [1.82, 2.24) is 10.2 Å². The molecular formula is C17H32N2O4. The van der Waals surface area contributed by atoms with E-state index in [1.54, 1.807) is 20.8 Å². The van der Waals surface area contributed by atoms with Gasteiger partial charge < -0.3 is 20.1 Å². The number of rotatable bonds is 7. The highest BCUT2D eigenvalue weighted by Gasteiger charge is 2.39. The highest BCUT2D eigenvalue weighted by molar-refractivity contribution is 5.81. The average Bonchev–Trinajstić information content (AvgIpc) is 2.83. The average molecular weight is 328 g/mol. The number of β-amino-alcohol motifs (C(OH)–C–C–N with tert-alkyl or cyclic N) is 1. The molecule has 0 aromatic rings. The minimum absolute atomic E-state index is 0.142. The maximum Gasteiger partial charge on any atom is 0.410 e. The molecule has 6 heteroatoms. The number of aliphatic hydroxyl groups excluding tert-OH is 1. The molecule has 0 aliphatic carbocycles. The first-order chi connectivity index (χ1) is 10.7. The van der Waals surface area contributed by atoms with Gasteiger partial charge in [0, 0.05) is 13.1 Å². The van der Waals surface area contributed by atoms with Crippen LogP contribution in [0.1, 0.15) is 59.8 Å². The molecule has 1 aliphatic rings. The molecule has 1 heterocycles. The van der Waals surface area contributed by atoms with Crippen molar-refractivity contribution in [1.29, 1.82) is 0 Å². The summed E-state index contributed by atoms with van der Waals surface area (Å²) in [6.45, 7) is 8.51. The molecule has 0 bridgehead atoms. The Morgan fingerprint density at radius 3 is 2.43 bits per heavy atom.